The van der Waals surface area contributed by atoms with E-state index in [-0.39, 0.29) is 12.2 Å². The van der Waals surface area contributed by atoms with Gasteiger partial charge in [0.2, 0.25) is 0 Å². The minimum Gasteiger partial charge on any atom is -0.430 e. The topological polar surface area (TPSA) is 92.4 Å². The van der Waals surface area contributed by atoms with Crippen LogP contribution in [-0.2, 0) is 0 Å². The van der Waals surface area contributed by atoms with Gasteiger partial charge in [-0.3, -0.25) is 4.79 Å². The molecule has 0 aliphatic rings. The third-order valence-corrected chi connectivity index (χ3v) is 2.28. The third-order valence-electron chi connectivity index (χ3n) is 2.28. The van der Waals surface area contributed by atoms with Gasteiger partial charge in [0.15, 0.2) is 0 Å². The van der Waals surface area contributed by atoms with Gasteiger partial charge in [-0.2, -0.15) is 0 Å². The number of pyridine rings is 1. The maximum Gasteiger partial charge on any atom is 0.335 e. The van der Waals surface area contributed by atoms with Crippen molar-refractivity contribution in [3.8, 4) is 11.8 Å². The van der Waals surface area contributed by atoms with Crippen molar-refractivity contribution in [1.29, 1.82) is 0 Å². The molecular formula is C14H10N2O4. The van der Waals surface area contributed by atoms with Gasteiger partial charge in [-0.15, -0.1) is 0 Å². The van der Waals surface area contributed by atoms with Crippen LogP contribution in [0.15, 0.2) is 45.9 Å². The zero-order valence-electron chi connectivity index (χ0n) is 10.3. The summed E-state index contributed by atoms with van der Waals surface area (Å²) in [6.45, 7) is -0.243. The standard InChI is InChI=1S/C14H10N2O4/c17-7-1-2-10-5-6-15-12(8-10)16-14(19)11-3-4-13(18)20-9-11/h3-6,8-9,17H,7H2,(H,15,16,19). The van der Waals surface area contributed by atoms with Crippen LogP contribution < -0.4 is 10.9 Å². The molecule has 2 heterocycles. The highest BCUT2D eigenvalue weighted by Crippen LogP contribution is 2.07. The highest BCUT2D eigenvalue weighted by molar-refractivity contribution is 6.03. The molecule has 0 radical (unpaired) electrons. The van der Waals surface area contributed by atoms with Crippen molar-refractivity contribution in [1.82, 2.24) is 4.98 Å². The van der Waals surface area contributed by atoms with Crippen molar-refractivity contribution in [2.24, 2.45) is 0 Å². The van der Waals surface area contributed by atoms with Crippen LogP contribution in [-0.4, -0.2) is 22.6 Å². The zero-order chi connectivity index (χ0) is 14.4. The monoisotopic (exact) mass is 270 g/mol. The molecule has 2 N–H and O–H groups in total. The molecule has 0 saturated heterocycles. The molecule has 0 aliphatic carbocycles. The Hall–Kier alpha value is -2.91. The normalized spacial score (nSPS) is 9.45. The van der Waals surface area contributed by atoms with Gasteiger partial charge >= 0.3 is 5.63 Å². The highest BCUT2D eigenvalue weighted by atomic mass is 16.4. The Morgan fingerprint density at radius 1 is 1.40 bits per heavy atom. The fourth-order valence-corrected chi connectivity index (χ4v) is 1.39. The van der Waals surface area contributed by atoms with Crippen LogP contribution in [0, 0.1) is 11.8 Å². The van der Waals surface area contributed by atoms with Crippen molar-refractivity contribution in [2.45, 2.75) is 0 Å². The summed E-state index contributed by atoms with van der Waals surface area (Å²) in [6, 6.07) is 5.74. The molecule has 0 unspecified atom stereocenters. The van der Waals surface area contributed by atoms with Gasteiger partial charge in [0.1, 0.15) is 18.7 Å². The molecule has 100 valence electrons. The lowest BCUT2D eigenvalue weighted by molar-refractivity contribution is 0.102. The fraction of sp³-hybridized carbons (Fsp3) is 0.0714. The van der Waals surface area contributed by atoms with E-state index in [1.807, 2.05) is 0 Å². The molecule has 0 fully saturated rings. The Labute approximate surface area is 114 Å². The third kappa shape index (κ3) is 3.54. The van der Waals surface area contributed by atoms with E-state index in [9.17, 15) is 9.59 Å². The van der Waals surface area contributed by atoms with E-state index in [0.717, 1.165) is 12.3 Å². The van der Waals surface area contributed by atoms with Crippen molar-refractivity contribution >= 4 is 11.7 Å². The molecule has 0 atom stereocenters. The minimum atomic E-state index is -0.527. The summed E-state index contributed by atoms with van der Waals surface area (Å²) < 4.78 is 4.61. The van der Waals surface area contributed by atoms with Crippen LogP contribution in [0.3, 0.4) is 0 Å². The number of hydrogen-bond donors (Lipinski definition) is 2. The summed E-state index contributed by atoms with van der Waals surface area (Å²) in [6.07, 6.45) is 2.56. The van der Waals surface area contributed by atoms with Crippen molar-refractivity contribution in [3.63, 3.8) is 0 Å². The second kappa shape index (κ2) is 6.31. The number of anilines is 1. The molecule has 0 spiro atoms. The van der Waals surface area contributed by atoms with Crippen LogP contribution >= 0.6 is 0 Å². The first-order valence-corrected chi connectivity index (χ1v) is 5.65. The highest BCUT2D eigenvalue weighted by Gasteiger charge is 2.07. The van der Waals surface area contributed by atoms with E-state index < -0.39 is 11.5 Å². The summed E-state index contributed by atoms with van der Waals surface area (Å²) in [5, 5.41) is 11.2. The van der Waals surface area contributed by atoms with E-state index in [0.29, 0.717) is 11.4 Å². The number of amides is 1. The van der Waals surface area contributed by atoms with Gasteiger partial charge in [-0.05, 0) is 18.2 Å². The predicted molar refractivity (Wildman–Crippen MR) is 71.1 cm³/mol. The van der Waals surface area contributed by atoms with Crippen molar-refractivity contribution < 1.29 is 14.3 Å². The summed E-state index contributed by atoms with van der Waals surface area (Å²) >= 11 is 0. The molecule has 2 rings (SSSR count). The fourth-order valence-electron chi connectivity index (χ4n) is 1.39. The van der Waals surface area contributed by atoms with Crippen LogP contribution in [0.5, 0.6) is 0 Å². The average Bonchev–Trinajstić information content (AvgIpc) is 2.46. The number of aliphatic hydroxyl groups excluding tert-OH is 1. The second-order valence-corrected chi connectivity index (χ2v) is 3.69. The zero-order valence-corrected chi connectivity index (χ0v) is 10.3. The second-order valence-electron chi connectivity index (χ2n) is 3.69. The van der Waals surface area contributed by atoms with Crippen LogP contribution in [0.25, 0.3) is 0 Å². The maximum absolute atomic E-state index is 11.9. The Morgan fingerprint density at radius 3 is 2.95 bits per heavy atom. The van der Waals surface area contributed by atoms with Gasteiger partial charge in [0.25, 0.3) is 5.91 Å². The van der Waals surface area contributed by atoms with Crippen LogP contribution in [0.2, 0.25) is 0 Å². The molecule has 2 aromatic rings. The summed E-state index contributed by atoms with van der Waals surface area (Å²) in [7, 11) is 0. The molecule has 1 amide bonds. The van der Waals surface area contributed by atoms with Crippen molar-refractivity contribution in [2.75, 3.05) is 11.9 Å². The largest absolute Gasteiger partial charge is 0.430 e. The van der Waals surface area contributed by atoms with E-state index >= 15 is 0 Å². The number of carbonyl (C=O) groups excluding carboxylic acids is 1. The van der Waals surface area contributed by atoms with E-state index in [2.05, 4.69) is 26.6 Å². The molecule has 20 heavy (non-hydrogen) atoms. The summed E-state index contributed by atoms with van der Waals surface area (Å²) in [5.74, 6) is 5.06. The van der Waals surface area contributed by atoms with Gasteiger partial charge in [-0.1, -0.05) is 11.8 Å². The number of aromatic nitrogens is 1. The lowest BCUT2D eigenvalue weighted by atomic mass is 10.2. The van der Waals surface area contributed by atoms with Gasteiger partial charge in [0.05, 0.1) is 5.56 Å². The maximum atomic E-state index is 11.9. The smallest absolute Gasteiger partial charge is 0.335 e. The van der Waals surface area contributed by atoms with Crippen LogP contribution in [0.4, 0.5) is 5.82 Å². The molecular weight excluding hydrogens is 260 g/mol. The molecule has 0 aromatic carbocycles. The molecule has 0 aliphatic heterocycles. The molecule has 0 bridgehead atoms. The van der Waals surface area contributed by atoms with Crippen LogP contribution in [0.1, 0.15) is 15.9 Å². The number of rotatable bonds is 2. The molecule has 6 heteroatoms. The number of nitrogens with one attached hydrogen (secondary N) is 1. The number of carbonyl (C=O) groups is 1. The van der Waals surface area contributed by atoms with Gasteiger partial charge < -0.3 is 14.8 Å². The Morgan fingerprint density at radius 2 is 2.25 bits per heavy atom. The lowest BCUT2D eigenvalue weighted by Crippen LogP contribution is -2.13. The molecule has 6 nitrogen and oxygen atoms in total. The predicted octanol–water partition coefficient (Wildman–Crippen LogP) is 0.631. The number of hydrogen-bond acceptors (Lipinski definition) is 5. The number of nitrogens with zero attached hydrogens (tertiary/aromatic N) is 1. The van der Waals surface area contributed by atoms with Crippen molar-refractivity contribution in [3.05, 3.63) is 58.3 Å². The Balaban J connectivity index is 2.15. The van der Waals surface area contributed by atoms with E-state index in [1.54, 1.807) is 12.1 Å². The summed E-state index contributed by atoms with van der Waals surface area (Å²) in [5.41, 5.74) is 0.295. The van der Waals surface area contributed by atoms with E-state index in [1.165, 1.54) is 12.3 Å². The molecule has 2 aromatic heterocycles. The Bertz CT molecular complexity index is 720. The number of aliphatic hydroxyl groups is 1. The average molecular weight is 270 g/mol. The first kappa shape index (κ1) is 13.5. The minimum absolute atomic E-state index is 0.207. The molecule has 0 saturated carbocycles. The quantitative estimate of drug-likeness (QED) is 0.781. The van der Waals surface area contributed by atoms with Gasteiger partial charge in [0, 0.05) is 17.8 Å². The summed E-state index contributed by atoms with van der Waals surface area (Å²) in [4.78, 5) is 26.6. The first-order valence-electron chi connectivity index (χ1n) is 5.65. The Kier molecular flexibility index (Phi) is 4.27. The SMILES string of the molecule is O=C(Nc1cc(C#CCO)ccn1)c1ccc(=O)oc1. The first-order chi connectivity index (χ1) is 9.69. The lowest BCUT2D eigenvalue weighted by Gasteiger charge is -2.03. The van der Waals surface area contributed by atoms with Gasteiger partial charge in [-0.25, -0.2) is 9.78 Å². The van der Waals surface area contributed by atoms with E-state index in [4.69, 9.17) is 5.11 Å².